The van der Waals surface area contributed by atoms with E-state index in [0.717, 1.165) is 52.8 Å². The van der Waals surface area contributed by atoms with Gasteiger partial charge in [-0.3, -0.25) is 9.59 Å². The highest BCUT2D eigenvalue weighted by molar-refractivity contribution is 6.10. The number of Topliss-reactive ketones (excluding diaryl/α,β-unsaturated/α-hetero) is 1. The molecule has 1 aliphatic carbocycles. The van der Waals surface area contributed by atoms with Gasteiger partial charge in [0.2, 0.25) is 5.91 Å². The van der Waals surface area contributed by atoms with E-state index in [1.807, 2.05) is 53.2 Å². The molecule has 1 aromatic heterocycles. The van der Waals surface area contributed by atoms with Gasteiger partial charge in [0.25, 0.3) is 0 Å². The fourth-order valence-electron chi connectivity index (χ4n) is 4.52. The van der Waals surface area contributed by atoms with Crippen LogP contribution < -0.4 is 14.8 Å². The molecule has 0 unspecified atom stereocenters. The number of amides is 1. The van der Waals surface area contributed by atoms with E-state index >= 15 is 0 Å². The number of rotatable bonds is 7. The van der Waals surface area contributed by atoms with Gasteiger partial charge in [-0.1, -0.05) is 38.1 Å². The zero-order chi connectivity index (χ0) is 22.9. The van der Waals surface area contributed by atoms with Crippen LogP contribution in [0.25, 0.3) is 10.9 Å². The quantitative estimate of drug-likeness (QED) is 0.524. The summed E-state index contributed by atoms with van der Waals surface area (Å²) >= 11 is 0. The molecule has 2 aliphatic rings. The van der Waals surface area contributed by atoms with Crippen molar-refractivity contribution in [1.29, 1.82) is 0 Å². The first-order valence-corrected chi connectivity index (χ1v) is 11.8. The summed E-state index contributed by atoms with van der Waals surface area (Å²) in [6.07, 6.45) is 4.63. The number of para-hydroxylation sites is 1. The number of ether oxygens (including phenoxy) is 2. The molecular formula is C27H30N2O4. The van der Waals surface area contributed by atoms with Crippen LogP contribution in [-0.2, 0) is 11.3 Å². The number of fused-ring (bicyclic) bond motifs is 2. The Morgan fingerprint density at radius 2 is 1.82 bits per heavy atom. The van der Waals surface area contributed by atoms with Crippen LogP contribution in [0.5, 0.6) is 11.5 Å². The third-order valence-electron chi connectivity index (χ3n) is 6.43. The Kier molecular flexibility index (Phi) is 5.83. The van der Waals surface area contributed by atoms with Crippen molar-refractivity contribution >= 4 is 22.6 Å². The Morgan fingerprint density at radius 1 is 1.06 bits per heavy atom. The fraction of sp³-hybridized carbons (Fsp3) is 0.407. The summed E-state index contributed by atoms with van der Waals surface area (Å²) in [5.74, 6) is 1.90. The molecule has 0 radical (unpaired) electrons. The second-order valence-electron chi connectivity index (χ2n) is 9.37. The summed E-state index contributed by atoms with van der Waals surface area (Å²) in [4.78, 5) is 25.9. The summed E-state index contributed by atoms with van der Waals surface area (Å²) in [5.41, 5.74) is 2.63. The van der Waals surface area contributed by atoms with Gasteiger partial charge in [-0.25, -0.2) is 0 Å². The zero-order valence-electron chi connectivity index (χ0n) is 19.2. The van der Waals surface area contributed by atoms with Crippen LogP contribution in [0.4, 0.5) is 0 Å². The molecule has 33 heavy (non-hydrogen) atoms. The van der Waals surface area contributed by atoms with Crippen molar-refractivity contribution in [2.24, 2.45) is 11.8 Å². The molecule has 0 bridgehead atoms. The van der Waals surface area contributed by atoms with Gasteiger partial charge < -0.3 is 19.4 Å². The number of aromatic nitrogens is 1. The molecule has 2 heterocycles. The van der Waals surface area contributed by atoms with Crippen molar-refractivity contribution in [3.8, 4) is 11.5 Å². The van der Waals surface area contributed by atoms with E-state index < -0.39 is 0 Å². The number of ketones is 1. The molecule has 0 saturated heterocycles. The molecule has 2 aromatic carbocycles. The number of benzene rings is 2. The minimum absolute atomic E-state index is 0.0908. The standard InChI is InChI=1S/C27H30N2O4/c1-17(2)26(19-10-11-23-24(14-19)33-13-5-12-32-23)28-25(30)16-29-15-21(27(31)18-8-9-18)20-6-3-4-7-22(20)29/h3-4,6-7,10-11,14-15,17-18,26H,5,8-9,12-13,16H2,1-2H3,(H,28,30)/t26-/m0/s1. The number of carbonyl (C=O) groups excluding carboxylic acids is 2. The molecule has 1 N–H and O–H groups in total. The average molecular weight is 447 g/mol. The molecule has 1 aliphatic heterocycles. The first-order valence-electron chi connectivity index (χ1n) is 11.8. The maximum absolute atomic E-state index is 13.1. The molecule has 1 atom stereocenters. The summed E-state index contributed by atoms with van der Waals surface area (Å²) in [5, 5.41) is 4.12. The van der Waals surface area contributed by atoms with Crippen LogP contribution in [0.1, 0.15) is 55.1 Å². The lowest BCUT2D eigenvalue weighted by atomic mass is 9.95. The van der Waals surface area contributed by atoms with Crippen molar-refractivity contribution < 1.29 is 19.1 Å². The van der Waals surface area contributed by atoms with Crippen molar-refractivity contribution in [2.75, 3.05) is 13.2 Å². The predicted molar refractivity (Wildman–Crippen MR) is 127 cm³/mol. The largest absolute Gasteiger partial charge is 0.490 e. The van der Waals surface area contributed by atoms with Gasteiger partial charge >= 0.3 is 0 Å². The first kappa shape index (κ1) is 21.6. The third kappa shape index (κ3) is 4.47. The highest BCUT2D eigenvalue weighted by Crippen LogP contribution is 2.36. The molecule has 1 amide bonds. The number of hydrogen-bond acceptors (Lipinski definition) is 4. The number of nitrogens with zero attached hydrogens (tertiary/aromatic N) is 1. The minimum atomic E-state index is -0.163. The lowest BCUT2D eigenvalue weighted by Crippen LogP contribution is -2.34. The Bertz CT molecular complexity index is 1190. The predicted octanol–water partition coefficient (Wildman–Crippen LogP) is 4.91. The first-order chi connectivity index (χ1) is 16.0. The second-order valence-corrected chi connectivity index (χ2v) is 9.37. The lowest BCUT2D eigenvalue weighted by molar-refractivity contribution is -0.122. The lowest BCUT2D eigenvalue weighted by Gasteiger charge is -2.24. The Morgan fingerprint density at radius 3 is 2.58 bits per heavy atom. The topological polar surface area (TPSA) is 69.6 Å². The van der Waals surface area contributed by atoms with Gasteiger partial charge in [-0.05, 0) is 42.5 Å². The van der Waals surface area contributed by atoms with Gasteiger partial charge in [0.15, 0.2) is 17.3 Å². The second kappa shape index (κ2) is 8.93. The van der Waals surface area contributed by atoms with Crippen molar-refractivity contribution in [1.82, 2.24) is 9.88 Å². The Balaban J connectivity index is 1.37. The minimum Gasteiger partial charge on any atom is -0.490 e. The number of nitrogens with one attached hydrogen (secondary N) is 1. The average Bonchev–Trinajstić information content (AvgIpc) is 3.62. The summed E-state index contributed by atoms with van der Waals surface area (Å²) in [6, 6.07) is 13.5. The van der Waals surface area contributed by atoms with E-state index in [1.165, 1.54) is 0 Å². The Labute approximate surface area is 193 Å². The summed E-state index contributed by atoms with van der Waals surface area (Å²) in [7, 11) is 0. The maximum Gasteiger partial charge on any atom is 0.240 e. The number of carbonyl (C=O) groups is 2. The van der Waals surface area contributed by atoms with E-state index in [9.17, 15) is 9.59 Å². The maximum atomic E-state index is 13.1. The molecular weight excluding hydrogens is 416 g/mol. The van der Waals surface area contributed by atoms with Crippen LogP contribution in [0.2, 0.25) is 0 Å². The van der Waals surface area contributed by atoms with Crippen LogP contribution in [0.15, 0.2) is 48.7 Å². The smallest absolute Gasteiger partial charge is 0.240 e. The van der Waals surface area contributed by atoms with Crippen molar-refractivity contribution in [2.45, 2.75) is 45.7 Å². The van der Waals surface area contributed by atoms with Crippen LogP contribution in [-0.4, -0.2) is 29.5 Å². The van der Waals surface area contributed by atoms with Gasteiger partial charge in [0.1, 0.15) is 6.54 Å². The monoisotopic (exact) mass is 446 g/mol. The van der Waals surface area contributed by atoms with E-state index in [2.05, 4.69) is 19.2 Å². The molecule has 1 fully saturated rings. The van der Waals surface area contributed by atoms with E-state index in [4.69, 9.17) is 9.47 Å². The van der Waals surface area contributed by atoms with Gasteiger partial charge in [0.05, 0.1) is 19.3 Å². The summed E-state index contributed by atoms with van der Waals surface area (Å²) < 4.78 is 13.5. The van der Waals surface area contributed by atoms with Crippen molar-refractivity contribution in [3.63, 3.8) is 0 Å². The van der Waals surface area contributed by atoms with Crippen molar-refractivity contribution in [3.05, 3.63) is 59.8 Å². The number of hydrogen-bond donors (Lipinski definition) is 1. The highest BCUT2D eigenvalue weighted by Gasteiger charge is 2.32. The molecule has 6 heteroatoms. The molecule has 3 aromatic rings. The fourth-order valence-corrected chi connectivity index (χ4v) is 4.52. The molecule has 1 saturated carbocycles. The third-order valence-corrected chi connectivity index (χ3v) is 6.43. The highest BCUT2D eigenvalue weighted by atomic mass is 16.5. The van der Waals surface area contributed by atoms with E-state index in [1.54, 1.807) is 0 Å². The summed E-state index contributed by atoms with van der Waals surface area (Å²) in [6.45, 7) is 5.60. The van der Waals surface area contributed by atoms with Gasteiger partial charge in [0, 0.05) is 35.0 Å². The van der Waals surface area contributed by atoms with Gasteiger partial charge in [-0.2, -0.15) is 0 Å². The van der Waals surface area contributed by atoms with Crippen LogP contribution in [0, 0.1) is 11.8 Å². The molecule has 5 rings (SSSR count). The van der Waals surface area contributed by atoms with Gasteiger partial charge in [-0.15, -0.1) is 0 Å². The van der Waals surface area contributed by atoms with E-state index in [0.29, 0.717) is 13.2 Å². The van der Waals surface area contributed by atoms with Crippen LogP contribution >= 0.6 is 0 Å². The zero-order valence-corrected chi connectivity index (χ0v) is 19.2. The van der Waals surface area contributed by atoms with Crippen LogP contribution in [0.3, 0.4) is 0 Å². The molecule has 0 spiro atoms. The molecule has 6 nitrogen and oxygen atoms in total. The Hall–Kier alpha value is -3.28. The van der Waals surface area contributed by atoms with E-state index in [-0.39, 0.29) is 36.1 Å². The molecule has 172 valence electrons. The normalized spacial score (nSPS) is 16.5. The SMILES string of the molecule is CC(C)[C@H](NC(=O)Cn1cc(C(=O)C2CC2)c2ccccc21)c1ccc2c(c1)OCCCO2.